The SMILES string of the molecule is COc1c(C)c(C)cc(C2=N[C@@H](C)CO2)c1[N-]S(C)(=O)=O.[CH3-].[CH3-].[Cr+3]. The Bertz CT molecular complexity index is 703. The maximum absolute atomic E-state index is 11.6. The van der Waals surface area contributed by atoms with Crippen LogP contribution in [0, 0.1) is 28.7 Å². The summed E-state index contributed by atoms with van der Waals surface area (Å²) in [6.45, 7) is 6.19. The molecular formula is C16H25CrN2O4S. The number of sulfonamides is 1. The van der Waals surface area contributed by atoms with Gasteiger partial charge < -0.3 is 29.0 Å². The number of nitrogens with zero attached hydrogens (tertiary/aromatic N) is 2. The van der Waals surface area contributed by atoms with Crippen LogP contribution in [0.5, 0.6) is 5.75 Å². The smallest absolute Gasteiger partial charge is 0.573 e. The largest absolute Gasteiger partial charge is 3.00 e. The first-order valence-electron chi connectivity index (χ1n) is 6.55. The molecule has 24 heavy (non-hydrogen) atoms. The van der Waals surface area contributed by atoms with E-state index in [0.29, 0.717) is 23.8 Å². The number of aryl methyl sites for hydroxylation is 1. The second-order valence-electron chi connectivity index (χ2n) is 5.17. The Morgan fingerprint density at radius 3 is 2.33 bits per heavy atom. The van der Waals surface area contributed by atoms with Crippen LogP contribution in [-0.4, -0.2) is 40.3 Å². The van der Waals surface area contributed by atoms with Crippen LogP contribution in [0.2, 0.25) is 0 Å². The predicted molar refractivity (Wildman–Crippen MR) is 95.1 cm³/mol. The Morgan fingerprint density at radius 1 is 1.33 bits per heavy atom. The van der Waals surface area contributed by atoms with Crippen molar-refractivity contribution in [3.8, 4) is 5.75 Å². The molecule has 1 aliphatic rings. The van der Waals surface area contributed by atoms with Gasteiger partial charge in [-0.2, -0.15) is 0 Å². The van der Waals surface area contributed by atoms with Crippen LogP contribution >= 0.6 is 0 Å². The molecule has 0 unspecified atom stereocenters. The monoisotopic (exact) mass is 393 g/mol. The molecule has 0 aromatic heterocycles. The molecule has 0 saturated carbocycles. The Morgan fingerprint density at radius 2 is 1.92 bits per heavy atom. The average Bonchev–Trinajstić information content (AvgIpc) is 2.79. The Balaban J connectivity index is 0. The number of methoxy groups -OCH3 is 1. The Labute approximate surface area is 156 Å². The van der Waals surface area contributed by atoms with Gasteiger partial charge in [-0.3, -0.25) is 0 Å². The van der Waals surface area contributed by atoms with Gasteiger partial charge in [0, 0.05) is 11.8 Å². The normalized spacial score (nSPS) is 15.9. The van der Waals surface area contributed by atoms with Crippen LogP contribution < -0.4 is 4.74 Å². The summed E-state index contributed by atoms with van der Waals surface area (Å²) in [4.78, 5) is 4.38. The van der Waals surface area contributed by atoms with Crippen molar-refractivity contribution in [2.24, 2.45) is 4.99 Å². The Hall–Kier alpha value is -1.23. The molecule has 2 rings (SSSR count). The van der Waals surface area contributed by atoms with Gasteiger partial charge >= 0.3 is 17.4 Å². The van der Waals surface area contributed by atoms with E-state index in [-0.39, 0.29) is 43.9 Å². The summed E-state index contributed by atoms with van der Waals surface area (Å²) in [6, 6.07) is 1.87. The van der Waals surface area contributed by atoms with Crippen LogP contribution in [0.15, 0.2) is 11.1 Å². The number of ether oxygens (including phenoxy) is 2. The van der Waals surface area contributed by atoms with Crippen molar-refractivity contribution in [3.05, 3.63) is 42.3 Å². The summed E-state index contributed by atoms with van der Waals surface area (Å²) in [5, 5.41) is 0. The number of rotatable bonds is 4. The quantitative estimate of drug-likeness (QED) is 0.735. The second kappa shape index (κ2) is 9.31. The van der Waals surface area contributed by atoms with Crippen LogP contribution in [-0.2, 0) is 32.1 Å². The van der Waals surface area contributed by atoms with Crippen molar-refractivity contribution in [3.63, 3.8) is 0 Å². The van der Waals surface area contributed by atoms with Gasteiger partial charge in [-0.05, 0) is 38.0 Å². The van der Waals surface area contributed by atoms with Crippen LogP contribution in [0.1, 0.15) is 23.6 Å². The summed E-state index contributed by atoms with van der Waals surface area (Å²) >= 11 is 0. The van der Waals surface area contributed by atoms with Gasteiger partial charge in [-0.15, -0.1) is 0 Å². The first kappa shape index (κ1) is 25.0. The van der Waals surface area contributed by atoms with Gasteiger partial charge in [0.05, 0.1) is 23.2 Å². The van der Waals surface area contributed by atoms with Crippen molar-refractivity contribution in [1.82, 2.24) is 0 Å². The van der Waals surface area contributed by atoms with Gasteiger partial charge in [0.15, 0.2) is 0 Å². The molecule has 0 fully saturated rings. The van der Waals surface area contributed by atoms with Crippen molar-refractivity contribution < 1.29 is 35.3 Å². The maximum Gasteiger partial charge on any atom is 3.00 e. The number of hydrogen-bond donors (Lipinski definition) is 0. The molecule has 0 N–H and O–H groups in total. The van der Waals surface area contributed by atoms with Crippen LogP contribution in [0.3, 0.4) is 0 Å². The van der Waals surface area contributed by atoms with Crippen LogP contribution in [0.4, 0.5) is 5.69 Å². The van der Waals surface area contributed by atoms with E-state index >= 15 is 0 Å². The fourth-order valence-corrected chi connectivity index (χ4v) is 2.68. The number of aliphatic imine (C=N–C) groups is 1. The molecule has 0 saturated heterocycles. The van der Waals surface area contributed by atoms with E-state index in [0.717, 1.165) is 17.4 Å². The summed E-state index contributed by atoms with van der Waals surface area (Å²) in [5.41, 5.74) is 2.59. The van der Waals surface area contributed by atoms with Crippen molar-refractivity contribution in [1.29, 1.82) is 0 Å². The summed E-state index contributed by atoms with van der Waals surface area (Å²) in [6.07, 6.45) is 1.05. The van der Waals surface area contributed by atoms with E-state index in [1.807, 2.05) is 26.8 Å². The minimum absolute atomic E-state index is 0. The van der Waals surface area contributed by atoms with E-state index < -0.39 is 10.0 Å². The molecule has 0 spiro atoms. The van der Waals surface area contributed by atoms with Crippen molar-refractivity contribution in [2.45, 2.75) is 26.8 Å². The van der Waals surface area contributed by atoms with Crippen molar-refractivity contribution in [2.75, 3.05) is 20.0 Å². The molecule has 0 aliphatic carbocycles. The topological polar surface area (TPSA) is 79.1 Å². The zero-order chi connectivity index (χ0) is 15.8. The maximum atomic E-state index is 11.6. The van der Waals surface area contributed by atoms with Gasteiger partial charge in [0.2, 0.25) is 5.90 Å². The third kappa shape index (κ3) is 5.40. The molecule has 6 nitrogen and oxygen atoms in total. The minimum atomic E-state index is -3.57. The molecule has 1 radical (unpaired) electrons. The molecule has 0 amide bonds. The molecular weight excluding hydrogens is 368 g/mol. The van der Waals surface area contributed by atoms with E-state index in [1.54, 1.807) is 0 Å². The summed E-state index contributed by atoms with van der Waals surface area (Å²) in [7, 11) is -2.08. The van der Waals surface area contributed by atoms with Crippen molar-refractivity contribution >= 4 is 21.6 Å². The fourth-order valence-electron chi connectivity index (χ4n) is 2.16. The number of benzene rings is 1. The predicted octanol–water partition coefficient (Wildman–Crippen LogP) is 3.34. The fraction of sp³-hybridized carbons (Fsp3) is 0.438. The molecule has 1 aliphatic heterocycles. The van der Waals surface area contributed by atoms with Crippen LogP contribution in [0.25, 0.3) is 4.72 Å². The number of hydrogen-bond acceptors (Lipinski definition) is 5. The van der Waals surface area contributed by atoms with Gasteiger partial charge in [0.25, 0.3) is 0 Å². The molecule has 8 heteroatoms. The van der Waals surface area contributed by atoms with E-state index in [9.17, 15) is 8.42 Å². The standard InChI is InChI=1S/C14H19N2O4S.2CH3.Cr/c1-8-6-11(14-15-9(2)7-20-14)12(16-21(5,17)18)13(19-4)10(8)3;;;/h6,9H,7H2,1-5H3;2*1H3;/q3*-1;+3/t9-;;;/m0.../s1. The van der Waals surface area contributed by atoms with Gasteiger partial charge in [-0.25, -0.2) is 13.4 Å². The van der Waals surface area contributed by atoms with E-state index in [2.05, 4.69) is 9.71 Å². The second-order valence-corrected chi connectivity index (χ2v) is 6.82. The minimum Gasteiger partial charge on any atom is -0.573 e. The Kier molecular flexibility index (Phi) is 9.70. The first-order chi connectivity index (χ1) is 9.73. The zero-order valence-electron chi connectivity index (χ0n) is 15.2. The molecule has 0 bridgehead atoms. The van der Waals surface area contributed by atoms with Gasteiger partial charge in [-0.1, -0.05) is 5.69 Å². The molecule has 1 atom stereocenters. The van der Waals surface area contributed by atoms with E-state index in [4.69, 9.17) is 9.47 Å². The van der Waals surface area contributed by atoms with E-state index in [1.165, 1.54) is 7.11 Å². The molecule has 135 valence electrons. The zero-order valence-corrected chi connectivity index (χ0v) is 17.3. The summed E-state index contributed by atoms with van der Waals surface area (Å²) in [5.74, 6) is 0.840. The average molecular weight is 393 g/mol. The molecule has 1 aromatic carbocycles. The third-order valence-electron chi connectivity index (χ3n) is 3.25. The molecule has 1 aromatic rings. The first-order valence-corrected chi connectivity index (χ1v) is 8.40. The summed E-state index contributed by atoms with van der Waals surface area (Å²) < 4.78 is 37.9. The molecule has 1 heterocycles. The van der Waals surface area contributed by atoms with Gasteiger partial charge in [0.1, 0.15) is 12.4 Å². The third-order valence-corrected chi connectivity index (χ3v) is 3.77.